The summed E-state index contributed by atoms with van der Waals surface area (Å²) in [6.45, 7) is -0.418. The fourth-order valence-corrected chi connectivity index (χ4v) is 5.13. The van der Waals surface area contributed by atoms with Gasteiger partial charge in [0.25, 0.3) is 11.5 Å². The number of carbonyl (C=O) groups is 1. The van der Waals surface area contributed by atoms with Crippen LogP contribution in [-0.4, -0.2) is 51.0 Å². The average Bonchev–Trinajstić information content (AvgIpc) is 3.30. The van der Waals surface area contributed by atoms with Crippen LogP contribution in [0.25, 0.3) is 32.3 Å². The summed E-state index contributed by atoms with van der Waals surface area (Å²) in [6, 6.07) is 17.9. The van der Waals surface area contributed by atoms with Crippen molar-refractivity contribution < 1.29 is 19.7 Å². The lowest BCUT2D eigenvalue weighted by atomic mass is 9.92. The normalized spacial score (nSPS) is 19.2. The van der Waals surface area contributed by atoms with Crippen LogP contribution in [0.15, 0.2) is 70.4 Å². The number of H-pyrrole nitrogens is 1. The van der Waals surface area contributed by atoms with Crippen molar-refractivity contribution in [2.45, 2.75) is 24.9 Å². The molecule has 4 N–H and O–H groups in total. The maximum atomic E-state index is 13.1. The monoisotopic (exact) mass is 509 g/mol. The number of aromatic amines is 1. The Balaban J connectivity index is 1.24. The Bertz CT molecular complexity index is 1860. The van der Waals surface area contributed by atoms with Gasteiger partial charge >= 0.3 is 5.69 Å². The molecule has 190 valence electrons. The molecule has 0 unspecified atom stereocenters. The van der Waals surface area contributed by atoms with Gasteiger partial charge in [-0.05, 0) is 38.4 Å². The van der Waals surface area contributed by atoms with Gasteiger partial charge in [0.15, 0.2) is 0 Å². The van der Waals surface area contributed by atoms with Crippen LogP contribution in [0.4, 0.5) is 0 Å². The number of amides is 1. The van der Waals surface area contributed by atoms with E-state index in [4.69, 9.17) is 4.74 Å². The molecule has 1 saturated heterocycles. The van der Waals surface area contributed by atoms with Gasteiger partial charge in [-0.15, -0.1) is 0 Å². The number of hydrogen-bond acceptors (Lipinski definition) is 6. The van der Waals surface area contributed by atoms with Crippen molar-refractivity contribution in [1.82, 2.24) is 14.9 Å². The number of aliphatic hydroxyl groups is 2. The molecule has 3 atom stereocenters. The lowest BCUT2D eigenvalue weighted by Gasteiger charge is -2.14. The molecular formula is C29H23N3O6. The number of benzene rings is 4. The molecule has 5 aromatic rings. The van der Waals surface area contributed by atoms with Gasteiger partial charge in [-0.2, -0.15) is 0 Å². The van der Waals surface area contributed by atoms with Gasteiger partial charge in [0.2, 0.25) is 0 Å². The van der Waals surface area contributed by atoms with Crippen molar-refractivity contribution in [2.75, 3.05) is 13.2 Å². The van der Waals surface area contributed by atoms with E-state index in [0.29, 0.717) is 5.56 Å². The zero-order chi connectivity index (χ0) is 26.4. The van der Waals surface area contributed by atoms with Crippen LogP contribution in [0.5, 0.6) is 0 Å². The van der Waals surface area contributed by atoms with E-state index >= 15 is 0 Å². The molecule has 9 nitrogen and oxygen atoms in total. The number of aromatic nitrogens is 2. The Morgan fingerprint density at radius 1 is 1.05 bits per heavy atom. The Labute approximate surface area is 215 Å². The molecule has 0 spiro atoms. The van der Waals surface area contributed by atoms with Crippen molar-refractivity contribution in [3.05, 3.63) is 92.8 Å². The topological polar surface area (TPSA) is 134 Å². The third-order valence-corrected chi connectivity index (χ3v) is 7.00. The first-order valence-electron chi connectivity index (χ1n) is 12.2. The van der Waals surface area contributed by atoms with Crippen molar-refractivity contribution in [3.63, 3.8) is 0 Å². The van der Waals surface area contributed by atoms with Crippen molar-refractivity contribution in [2.24, 2.45) is 0 Å². The number of aliphatic hydroxyl groups excluding tert-OH is 2. The number of nitrogens with zero attached hydrogens (tertiary/aromatic N) is 1. The number of nitrogens with one attached hydrogen (secondary N) is 2. The maximum Gasteiger partial charge on any atom is 0.330 e. The van der Waals surface area contributed by atoms with Crippen LogP contribution in [0, 0.1) is 11.8 Å². The van der Waals surface area contributed by atoms with Crippen LogP contribution in [-0.2, 0) is 4.74 Å². The van der Waals surface area contributed by atoms with Gasteiger partial charge in [-0.3, -0.25) is 19.1 Å². The number of carbonyl (C=O) groups excluding carboxylic acids is 1. The molecule has 38 heavy (non-hydrogen) atoms. The van der Waals surface area contributed by atoms with Crippen molar-refractivity contribution >= 4 is 38.2 Å². The maximum absolute atomic E-state index is 13.1. The Kier molecular flexibility index (Phi) is 5.93. The van der Waals surface area contributed by atoms with E-state index in [1.165, 1.54) is 6.20 Å². The van der Waals surface area contributed by atoms with E-state index in [1.807, 2.05) is 24.3 Å². The van der Waals surface area contributed by atoms with E-state index in [2.05, 4.69) is 46.4 Å². The van der Waals surface area contributed by atoms with Crippen LogP contribution in [0.1, 0.15) is 28.6 Å². The largest absolute Gasteiger partial charge is 0.394 e. The standard InChI is InChI=1S/C29H23N3O6/c33-15-23-22(34)13-24(38-23)32-14-19(27(35)31-29(32)37)5-2-12-30-28(36)21-11-9-18-7-6-16-3-1-4-17-8-10-20(21)26(18)25(16)17/h1,3-4,6-11,14,22-24,33-34H,12-13,15H2,(H,30,36)(H,31,35,37)/t22-,23+,24+/m0/s1. The van der Waals surface area contributed by atoms with Gasteiger partial charge in [-0.1, -0.05) is 60.4 Å². The second-order valence-electron chi connectivity index (χ2n) is 9.28. The molecule has 0 saturated carbocycles. The molecule has 6 rings (SSSR count). The molecule has 1 aromatic heterocycles. The predicted molar refractivity (Wildman–Crippen MR) is 142 cm³/mol. The number of rotatable bonds is 4. The van der Waals surface area contributed by atoms with Crippen LogP contribution in [0.3, 0.4) is 0 Å². The molecule has 0 radical (unpaired) electrons. The highest BCUT2D eigenvalue weighted by molar-refractivity contribution is 6.26. The fraction of sp³-hybridized carbons (Fsp3) is 0.207. The first-order valence-corrected chi connectivity index (χ1v) is 12.2. The summed E-state index contributed by atoms with van der Waals surface area (Å²) in [7, 11) is 0. The highest BCUT2D eigenvalue weighted by atomic mass is 16.5. The van der Waals surface area contributed by atoms with E-state index in [0.717, 1.165) is 36.9 Å². The molecule has 4 aromatic carbocycles. The smallest absolute Gasteiger partial charge is 0.330 e. The molecule has 1 aliphatic rings. The molecule has 1 aliphatic heterocycles. The molecule has 2 heterocycles. The lowest BCUT2D eigenvalue weighted by Crippen LogP contribution is -2.33. The van der Waals surface area contributed by atoms with Crippen molar-refractivity contribution in [1.29, 1.82) is 0 Å². The highest BCUT2D eigenvalue weighted by Gasteiger charge is 2.35. The average molecular weight is 510 g/mol. The molecule has 1 amide bonds. The number of ether oxygens (including phenoxy) is 1. The molecule has 0 bridgehead atoms. The van der Waals surface area contributed by atoms with Gasteiger partial charge in [0.05, 0.1) is 19.3 Å². The van der Waals surface area contributed by atoms with Crippen LogP contribution in [0.2, 0.25) is 0 Å². The summed E-state index contributed by atoms with van der Waals surface area (Å²) in [5.74, 6) is 5.16. The Hall–Kier alpha value is -4.49. The van der Waals surface area contributed by atoms with Gasteiger partial charge < -0.3 is 20.3 Å². The first-order chi connectivity index (χ1) is 18.4. The summed E-state index contributed by atoms with van der Waals surface area (Å²) in [5, 5.41) is 28.3. The fourth-order valence-electron chi connectivity index (χ4n) is 5.13. The minimum Gasteiger partial charge on any atom is -0.394 e. The zero-order valence-corrected chi connectivity index (χ0v) is 20.1. The Morgan fingerprint density at radius 2 is 1.76 bits per heavy atom. The zero-order valence-electron chi connectivity index (χ0n) is 20.1. The summed E-state index contributed by atoms with van der Waals surface area (Å²) < 4.78 is 6.64. The van der Waals surface area contributed by atoms with Gasteiger partial charge in [-0.25, -0.2) is 4.79 Å². The summed E-state index contributed by atoms with van der Waals surface area (Å²) in [6.07, 6.45) is -1.26. The summed E-state index contributed by atoms with van der Waals surface area (Å²) in [4.78, 5) is 39.8. The predicted octanol–water partition coefficient (Wildman–Crippen LogP) is 1.86. The van der Waals surface area contributed by atoms with Gasteiger partial charge in [0, 0.05) is 18.2 Å². The molecule has 0 aliphatic carbocycles. The van der Waals surface area contributed by atoms with Crippen LogP contribution >= 0.6 is 0 Å². The number of hydrogen-bond donors (Lipinski definition) is 4. The third-order valence-electron chi connectivity index (χ3n) is 7.00. The summed E-state index contributed by atoms with van der Waals surface area (Å²) >= 11 is 0. The van der Waals surface area contributed by atoms with E-state index in [9.17, 15) is 24.6 Å². The molecule has 9 heteroatoms. The third kappa shape index (κ3) is 4.01. The first kappa shape index (κ1) is 23.9. The van der Waals surface area contributed by atoms with E-state index in [-0.39, 0.29) is 24.4 Å². The molecule has 1 fully saturated rings. The SMILES string of the molecule is O=C(NCC#Cc1cn([C@H]2C[C@H](O)[C@@H](CO)O2)c(=O)[nH]c1=O)c1ccc2ccc3cccc4ccc1c2c34. The molecular weight excluding hydrogens is 486 g/mol. The second-order valence-corrected chi connectivity index (χ2v) is 9.28. The van der Waals surface area contributed by atoms with Crippen LogP contribution < -0.4 is 16.6 Å². The van der Waals surface area contributed by atoms with E-state index in [1.54, 1.807) is 6.07 Å². The lowest BCUT2D eigenvalue weighted by molar-refractivity contribution is -0.0459. The van der Waals surface area contributed by atoms with Crippen molar-refractivity contribution in [3.8, 4) is 11.8 Å². The minimum absolute atomic E-state index is 0.00659. The summed E-state index contributed by atoms with van der Waals surface area (Å²) in [5.41, 5.74) is -0.848. The quantitative estimate of drug-likeness (QED) is 0.216. The van der Waals surface area contributed by atoms with E-state index < -0.39 is 36.3 Å². The second kappa shape index (κ2) is 9.43. The Morgan fingerprint density at radius 3 is 2.50 bits per heavy atom. The van der Waals surface area contributed by atoms with Gasteiger partial charge in [0.1, 0.15) is 17.9 Å². The minimum atomic E-state index is -0.937. The highest BCUT2D eigenvalue weighted by Crippen LogP contribution is 2.35.